The molecule has 0 saturated heterocycles. The molecule has 0 aromatic heterocycles. The molecule has 45 heavy (non-hydrogen) atoms. The van der Waals surface area contributed by atoms with Crippen LogP contribution in [0, 0.1) is 5.92 Å². The molecule has 4 aromatic rings. The van der Waals surface area contributed by atoms with Crippen molar-refractivity contribution >= 4 is 11.4 Å². The first kappa shape index (κ1) is 34.4. The van der Waals surface area contributed by atoms with Gasteiger partial charge in [0.15, 0.2) is 0 Å². The molecular formula is C43H58N2. The Morgan fingerprint density at radius 2 is 0.756 bits per heavy atom. The lowest BCUT2D eigenvalue weighted by atomic mass is 9.85. The van der Waals surface area contributed by atoms with Crippen LogP contribution in [-0.2, 0) is 12.8 Å². The number of hydrogen-bond acceptors (Lipinski definition) is 2. The number of benzene rings is 4. The maximum atomic E-state index is 5.96. The van der Waals surface area contributed by atoms with Crippen LogP contribution in [0.3, 0.4) is 0 Å². The maximum Gasteiger partial charge on any atom is 0.0314 e. The van der Waals surface area contributed by atoms with Crippen molar-refractivity contribution in [2.45, 2.75) is 116 Å². The normalized spacial score (nSPS) is 13.4. The third kappa shape index (κ3) is 10.8. The number of anilines is 2. The van der Waals surface area contributed by atoms with Crippen LogP contribution in [0.15, 0.2) is 97.1 Å². The molecule has 0 spiro atoms. The third-order valence-corrected chi connectivity index (χ3v) is 9.77. The summed E-state index contributed by atoms with van der Waals surface area (Å²) in [5.74, 6) is 1.47. The van der Waals surface area contributed by atoms with E-state index in [4.69, 9.17) is 11.5 Å². The molecule has 4 N–H and O–H groups in total. The zero-order valence-electron chi connectivity index (χ0n) is 28.3. The summed E-state index contributed by atoms with van der Waals surface area (Å²) in [6, 6.07) is 35.8. The highest BCUT2D eigenvalue weighted by Gasteiger charge is 2.16. The highest BCUT2D eigenvalue weighted by Crippen LogP contribution is 2.31. The summed E-state index contributed by atoms with van der Waals surface area (Å²) in [6.07, 6.45) is 16.7. The molecule has 240 valence electrons. The Morgan fingerprint density at radius 1 is 0.422 bits per heavy atom. The van der Waals surface area contributed by atoms with Crippen LogP contribution in [0.4, 0.5) is 11.4 Å². The first-order chi connectivity index (χ1) is 22.0. The second-order valence-electron chi connectivity index (χ2n) is 13.3. The molecule has 0 aliphatic carbocycles. The van der Waals surface area contributed by atoms with Crippen molar-refractivity contribution in [3.8, 4) is 0 Å². The van der Waals surface area contributed by atoms with Gasteiger partial charge >= 0.3 is 0 Å². The summed E-state index contributed by atoms with van der Waals surface area (Å²) in [6.45, 7) is 6.85. The van der Waals surface area contributed by atoms with Gasteiger partial charge in [-0.3, -0.25) is 0 Å². The topological polar surface area (TPSA) is 52.0 Å². The lowest BCUT2D eigenvalue weighted by Gasteiger charge is -2.20. The molecule has 0 saturated carbocycles. The van der Waals surface area contributed by atoms with Crippen molar-refractivity contribution < 1.29 is 0 Å². The zero-order chi connectivity index (χ0) is 31.9. The van der Waals surface area contributed by atoms with Gasteiger partial charge in [0.2, 0.25) is 0 Å². The smallest absolute Gasteiger partial charge is 0.0314 e. The first-order valence-electron chi connectivity index (χ1n) is 17.9. The predicted molar refractivity (Wildman–Crippen MR) is 197 cm³/mol. The highest BCUT2D eigenvalue weighted by molar-refractivity contribution is 5.44. The van der Waals surface area contributed by atoms with Crippen molar-refractivity contribution in [1.82, 2.24) is 0 Å². The number of nitrogen functional groups attached to an aromatic ring is 2. The Morgan fingerprint density at radius 3 is 1.11 bits per heavy atom. The number of unbranched alkanes of at least 4 members (excludes halogenated alkanes) is 7. The highest BCUT2D eigenvalue weighted by atomic mass is 14.5. The molecule has 0 aliphatic rings. The molecule has 2 unspecified atom stereocenters. The van der Waals surface area contributed by atoms with E-state index in [1.165, 1.54) is 91.2 Å². The lowest BCUT2D eigenvalue weighted by molar-refractivity contribution is 0.444. The van der Waals surface area contributed by atoms with E-state index >= 15 is 0 Å². The number of hydrogen-bond donors (Lipinski definition) is 2. The van der Waals surface area contributed by atoms with Gasteiger partial charge in [-0.05, 0) is 95.7 Å². The Kier molecular flexibility index (Phi) is 14.1. The van der Waals surface area contributed by atoms with Gasteiger partial charge in [-0.15, -0.1) is 0 Å². The lowest BCUT2D eigenvalue weighted by Crippen LogP contribution is -2.10. The van der Waals surface area contributed by atoms with E-state index in [1.807, 2.05) is 24.3 Å². The van der Waals surface area contributed by atoms with Gasteiger partial charge in [0.1, 0.15) is 0 Å². The van der Waals surface area contributed by atoms with E-state index in [0.29, 0.717) is 17.8 Å². The number of nitrogens with two attached hydrogens (primary N) is 2. The molecular weight excluding hydrogens is 544 g/mol. The summed E-state index contributed by atoms with van der Waals surface area (Å²) in [5, 5.41) is 0. The van der Waals surface area contributed by atoms with E-state index in [0.717, 1.165) is 37.1 Å². The summed E-state index contributed by atoms with van der Waals surface area (Å²) < 4.78 is 0. The van der Waals surface area contributed by atoms with Gasteiger partial charge in [0.25, 0.3) is 0 Å². The quantitative estimate of drug-likeness (QED) is 0.0828. The van der Waals surface area contributed by atoms with Crippen LogP contribution >= 0.6 is 0 Å². The SMILES string of the molecule is CCCCCCCCCCC(Cc1ccc(C(CC)c2ccc(N)cc2)cc1)Cc1ccc(C(CC)c2ccc(N)cc2)cc1. The molecule has 0 heterocycles. The van der Waals surface area contributed by atoms with Crippen LogP contribution in [-0.4, -0.2) is 0 Å². The predicted octanol–water partition coefficient (Wildman–Crippen LogP) is 11.9. The van der Waals surface area contributed by atoms with Gasteiger partial charge in [0.05, 0.1) is 0 Å². The monoisotopic (exact) mass is 602 g/mol. The molecule has 0 aliphatic heterocycles. The minimum Gasteiger partial charge on any atom is -0.399 e. The fourth-order valence-corrected chi connectivity index (χ4v) is 7.07. The van der Waals surface area contributed by atoms with Crippen molar-refractivity contribution in [3.63, 3.8) is 0 Å². The van der Waals surface area contributed by atoms with Crippen LogP contribution in [0.5, 0.6) is 0 Å². The molecule has 0 amide bonds. The van der Waals surface area contributed by atoms with Crippen LogP contribution in [0.2, 0.25) is 0 Å². The van der Waals surface area contributed by atoms with Gasteiger partial charge in [-0.2, -0.15) is 0 Å². The number of rotatable bonds is 19. The van der Waals surface area contributed by atoms with Crippen molar-refractivity contribution in [2.75, 3.05) is 11.5 Å². The van der Waals surface area contributed by atoms with E-state index in [9.17, 15) is 0 Å². The second kappa shape index (κ2) is 18.4. The Labute approximate surface area is 274 Å². The van der Waals surface area contributed by atoms with E-state index < -0.39 is 0 Å². The van der Waals surface area contributed by atoms with Gasteiger partial charge in [0, 0.05) is 23.2 Å². The summed E-state index contributed by atoms with van der Waals surface area (Å²) in [4.78, 5) is 0. The minimum atomic E-state index is 0.409. The van der Waals surface area contributed by atoms with E-state index in [-0.39, 0.29) is 0 Å². The largest absolute Gasteiger partial charge is 0.399 e. The Balaban J connectivity index is 1.42. The molecule has 2 heteroatoms. The molecule has 0 bridgehead atoms. The molecule has 2 atom stereocenters. The van der Waals surface area contributed by atoms with Crippen LogP contribution in [0.1, 0.15) is 137 Å². The van der Waals surface area contributed by atoms with Gasteiger partial charge in [-0.25, -0.2) is 0 Å². The average molecular weight is 603 g/mol. The van der Waals surface area contributed by atoms with E-state index in [1.54, 1.807) is 0 Å². The molecule has 4 aromatic carbocycles. The molecule has 0 fully saturated rings. The zero-order valence-corrected chi connectivity index (χ0v) is 28.3. The maximum absolute atomic E-state index is 5.96. The molecule has 4 rings (SSSR count). The average Bonchev–Trinajstić information content (AvgIpc) is 3.06. The van der Waals surface area contributed by atoms with Crippen molar-refractivity contribution in [2.24, 2.45) is 5.92 Å². The Hall–Kier alpha value is -3.52. The van der Waals surface area contributed by atoms with Gasteiger partial charge in [-0.1, -0.05) is 145 Å². The fourth-order valence-electron chi connectivity index (χ4n) is 7.07. The summed E-state index contributed by atoms with van der Waals surface area (Å²) in [7, 11) is 0. The van der Waals surface area contributed by atoms with Crippen molar-refractivity contribution in [1.29, 1.82) is 0 Å². The van der Waals surface area contributed by atoms with Gasteiger partial charge < -0.3 is 11.5 Å². The minimum absolute atomic E-state index is 0.409. The molecule has 0 radical (unpaired) electrons. The third-order valence-electron chi connectivity index (χ3n) is 9.77. The van der Waals surface area contributed by atoms with Crippen molar-refractivity contribution in [3.05, 3.63) is 130 Å². The summed E-state index contributed by atoms with van der Waals surface area (Å²) >= 11 is 0. The van der Waals surface area contributed by atoms with Crippen LogP contribution in [0.25, 0.3) is 0 Å². The fraction of sp³-hybridized carbons (Fsp3) is 0.442. The first-order valence-corrected chi connectivity index (χ1v) is 17.9. The molecule has 2 nitrogen and oxygen atoms in total. The standard InChI is InChI=1S/C43H58N2/c1-4-7-8-9-10-11-12-13-14-35(31-33-15-19-36(20-16-33)42(5-2)38-23-27-40(44)28-24-38)32-34-17-21-37(22-18-34)43(6-3)39-25-29-41(45)30-26-39/h15-30,35,42-43H,4-14,31-32,44-45H2,1-3H3. The summed E-state index contributed by atoms with van der Waals surface area (Å²) in [5.41, 5.74) is 22.0. The van der Waals surface area contributed by atoms with E-state index in [2.05, 4.69) is 93.6 Å². The van der Waals surface area contributed by atoms with Crippen LogP contribution < -0.4 is 11.5 Å². The second-order valence-corrected chi connectivity index (χ2v) is 13.3. The Bertz CT molecular complexity index is 1250.